The van der Waals surface area contributed by atoms with Crippen LogP contribution in [0.5, 0.6) is 0 Å². The van der Waals surface area contributed by atoms with Crippen molar-refractivity contribution in [2.75, 3.05) is 27.9 Å². The number of carbonyl (C=O) groups excluding carboxylic acids is 2. The number of methoxy groups -OCH3 is 3. The van der Waals surface area contributed by atoms with Gasteiger partial charge in [0.05, 0.1) is 44.0 Å². The number of thiocarbonyl (C=S) groups is 1. The third kappa shape index (κ3) is 4.28. The molecule has 0 saturated heterocycles. The largest absolute Gasteiger partial charge is 0.466 e. The van der Waals surface area contributed by atoms with Crippen LogP contribution in [-0.4, -0.2) is 55.9 Å². The normalized spacial score (nSPS) is 18.0. The number of hydrogen-bond acceptors (Lipinski definition) is 6. The van der Waals surface area contributed by atoms with Crippen molar-refractivity contribution in [1.82, 2.24) is 10.2 Å². The van der Waals surface area contributed by atoms with Gasteiger partial charge in [0.2, 0.25) is 0 Å². The number of carbonyl (C=O) groups is 2. The van der Waals surface area contributed by atoms with Crippen LogP contribution in [0.4, 0.5) is 0 Å². The molecule has 1 heterocycles. The summed E-state index contributed by atoms with van der Waals surface area (Å²) in [5, 5.41) is 3.70. The zero-order valence-electron chi connectivity index (χ0n) is 16.1. The molecule has 0 bridgehead atoms. The molecule has 0 fully saturated rings. The number of nitrogens with one attached hydrogen (secondary N) is 1. The summed E-state index contributed by atoms with van der Waals surface area (Å²) in [5.41, 5.74) is 2.37. The molecular formula is C19H24N2O5S. The van der Waals surface area contributed by atoms with Gasteiger partial charge in [-0.1, -0.05) is 12.1 Å². The molecule has 7 nitrogen and oxygen atoms in total. The molecule has 8 heteroatoms. The third-order valence-corrected chi connectivity index (χ3v) is 4.76. The van der Waals surface area contributed by atoms with Crippen LogP contribution in [0.1, 0.15) is 35.8 Å². The Morgan fingerprint density at radius 3 is 2.26 bits per heavy atom. The fourth-order valence-corrected chi connectivity index (χ4v) is 3.59. The number of rotatable bonds is 6. The summed E-state index contributed by atoms with van der Waals surface area (Å²) in [7, 11) is 4.29. The Balaban J connectivity index is 2.48. The van der Waals surface area contributed by atoms with Crippen molar-refractivity contribution in [2.45, 2.75) is 25.9 Å². The number of esters is 2. The second kappa shape index (κ2) is 8.96. The predicted molar refractivity (Wildman–Crippen MR) is 104 cm³/mol. The standard InChI is InChI=1S/C19H24N2O5S/c1-11(10-24-3)21-12(2)15(18(23)26-5)16(20-19(21)27)13-6-8-14(9-7-13)17(22)25-4/h6-9,11,16H,10H2,1-5H3,(H,20,27)/t11-,16-/m0/s1. The number of ether oxygens (including phenoxy) is 3. The lowest BCUT2D eigenvalue weighted by Gasteiger charge is -2.40. The van der Waals surface area contributed by atoms with Crippen LogP contribution in [0.2, 0.25) is 0 Å². The van der Waals surface area contributed by atoms with Gasteiger partial charge in [0.25, 0.3) is 0 Å². The third-order valence-electron chi connectivity index (χ3n) is 4.45. The van der Waals surface area contributed by atoms with E-state index in [0.29, 0.717) is 28.6 Å². The summed E-state index contributed by atoms with van der Waals surface area (Å²) in [6, 6.07) is 6.28. The Labute approximate surface area is 164 Å². The van der Waals surface area contributed by atoms with Gasteiger partial charge in [0, 0.05) is 12.8 Å². The molecule has 0 aromatic heterocycles. The van der Waals surface area contributed by atoms with Crippen molar-refractivity contribution in [3.05, 3.63) is 46.7 Å². The van der Waals surface area contributed by atoms with Crippen molar-refractivity contribution in [3.63, 3.8) is 0 Å². The van der Waals surface area contributed by atoms with Crippen LogP contribution in [-0.2, 0) is 19.0 Å². The lowest BCUT2D eigenvalue weighted by Crippen LogP contribution is -2.52. The van der Waals surface area contributed by atoms with Gasteiger partial charge in [-0.05, 0) is 43.8 Å². The van der Waals surface area contributed by atoms with E-state index in [-0.39, 0.29) is 6.04 Å². The molecule has 27 heavy (non-hydrogen) atoms. The van der Waals surface area contributed by atoms with E-state index in [9.17, 15) is 9.59 Å². The second-order valence-corrected chi connectivity index (χ2v) is 6.55. The summed E-state index contributed by atoms with van der Waals surface area (Å²) >= 11 is 5.53. The highest BCUT2D eigenvalue weighted by molar-refractivity contribution is 7.80. The maximum absolute atomic E-state index is 12.5. The first kappa shape index (κ1) is 20.9. The average molecular weight is 392 g/mol. The molecule has 0 aliphatic carbocycles. The maximum atomic E-state index is 12.5. The van der Waals surface area contributed by atoms with E-state index in [2.05, 4.69) is 5.32 Å². The van der Waals surface area contributed by atoms with Gasteiger partial charge < -0.3 is 24.4 Å². The zero-order valence-corrected chi connectivity index (χ0v) is 16.9. The number of hydrogen-bond donors (Lipinski definition) is 1. The number of benzene rings is 1. The fraction of sp³-hybridized carbons (Fsp3) is 0.421. The van der Waals surface area contributed by atoms with Crippen LogP contribution < -0.4 is 5.32 Å². The van der Waals surface area contributed by atoms with Crippen LogP contribution in [0.15, 0.2) is 35.5 Å². The maximum Gasteiger partial charge on any atom is 0.337 e. The molecule has 0 unspecified atom stereocenters. The molecule has 1 aromatic carbocycles. The summed E-state index contributed by atoms with van der Waals surface area (Å²) in [6.45, 7) is 4.24. The van der Waals surface area contributed by atoms with Gasteiger partial charge in [-0.2, -0.15) is 0 Å². The Morgan fingerprint density at radius 2 is 1.74 bits per heavy atom. The van der Waals surface area contributed by atoms with Crippen molar-refractivity contribution in [1.29, 1.82) is 0 Å². The first-order valence-electron chi connectivity index (χ1n) is 8.41. The Hall–Kier alpha value is -2.45. The van der Waals surface area contributed by atoms with Crippen molar-refractivity contribution in [3.8, 4) is 0 Å². The molecule has 0 spiro atoms. The van der Waals surface area contributed by atoms with E-state index < -0.39 is 18.0 Å². The Kier molecular flexibility index (Phi) is 6.92. The minimum Gasteiger partial charge on any atom is -0.466 e. The monoisotopic (exact) mass is 392 g/mol. The highest BCUT2D eigenvalue weighted by Gasteiger charge is 2.36. The molecule has 1 aliphatic heterocycles. The minimum absolute atomic E-state index is 0.0580. The van der Waals surface area contributed by atoms with E-state index >= 15 is 0 Å². The first-order chi connectivity index (χ1) is 12.8. The van der Waals surface area contributed by atoms with Gasteiger partial charge >= 0.3 is 11.9 Å². The molecule has 2 rings (SSSR count). The quantitative estimate of drug-likeness (QED) is 0.583. The summed E-state index contributed by atoms with van der Waals surface area (Å²) in [4.78, 5) is 26.0. The van der Waals surface area contributed by atoms with Gasteiger partial charge in [-0.3, -0.25) is 0 Å². The first-order valence-corrected chi connectivity index (χ1v) is 8.82. The fourth-order valence-electron chi connectivity index (χ4n) is 3.16. The van der Waals surface area contributed by atoms with Crippen LogP contribution in [0.3, 0.4) is 0 Å². The van der Waals surface area contributed by atoms with Gasteiger partial charge in [0.15, 0.2) is 5.11 Å². The Morgan fingerprint density at radius 1 is 1.15 bits per heavy atom. The molecule has 1 aliphatic rings. The van der Waals surface area contributed by atoms with E-state index in [4.69, 9.17) is 26.4 Å². The van der Waals surface area contributed by atoms with Crippen molar-refractivity contribution in [2.24, 2.45) is 0 Å². The van der Waals surface area contributed by atoms with Crippen molar-refractivity contribution < 1.29 is 23.8 Å². The second-order valence-electron chi connectivity index (χ2n) is 6.16. The molecule has 0 saturated carbocycles. The summed E-state index contributed by atoms with van der Waals surface area (Å²) in [6.07, 6.45) is 0. The van der Waals surface area contributed by atoms with Gasteiger partial charge in [0.1, 0.15) is 0 Å². The lowest BCUT2D eigenvalue weighted by molar-refractivity contribution is -0.136. The zero-order chi connectivity index (χ0) is 20.1. The van der Waals surface area contributed by atoms with E-state index in [1.54, 1.807) is 31.4 Å². The molecule has 0 amide bonds. The SMILES string of the molecule is COC[C@H](C)N1C(=S)N[C@@H](c2ccc(C(=O)OC)cc2)C(C(=O)OC)=C1C. The molecule has 0 radical (unpaired) electrons. The predicted octanol–water partition coefficient (Wildman–Crippen LogP) is 2.19. The number of allylic oxidation sites excluding steroid dienone is 1. The highest BCUT2D eigenvalue weighted by Crippen LogP contribution is 2.32. The molecule has 2 atom stereocenters. The molecule has 146 valence electrons. The lowest BCUT2D eigenvalue weighted by atomic mass is 9.94. The van der Waals surface area contributed by atoms with E-state index in [1.807, 2.05) is 18.7 Å². The van der Waals surface area contributed by atoms with Crippen molar-refractivity contribution >= 4 is 29.3 Å². The molecular weight excluding hydrogens is 368 g/mol. The van der Waals surface area contributed by atoms with Crippen LogP contribution in [0, 0.1) is 0 Å². The van der Waals surface area contributed by atoms with E-state index in [1.165, 1.54) is 14.2 Å². The minimum atomic E-state index is -0.484. The summed E-state index contributed by atoms with van der Waals surface area (Å²) in [5.74, 6) is -0.868. The van der Waals surface area contributed by atoms with Crippen LogP contribution >= 0.6 is 12.2 Å². The average Bonchev–Trinajstić information content (AvgIpc) is 2.66. The Bertz CT molecular complexity index is 760. The smallest absolute Gasteiger partial charge is 0.337 e. The van der Waals surface area contributed by atoms with Crippen LogP contribution in [0.25, 0.3) is 0 Å². The summed E-state index contributed by atoms with van der Waals surface area (Å²) < 4.78 is 14.9. The van der Waals surface area contributed by atoms with E-state index in [0.717, 1.165) is 5.56 Å². The topological polar surface area (TPSA) is 77.1 Å². The van der Waals surface area contributed by atoms with Gasteiger partial charge in [-0.25, -0.2) is 9.59 Å². The van der Waals surface area contributed by atoms with Gasteiger partial charge in [-0.15, -0.1) is 0 Å². The number of nitrogens with zero attached hydrogens (tertiary/aromatic N) is 1. The molecule has 1 N–H and O–H groups in total. The highest BCUT2D eigenvalue weighted by atomic mass is 32.1. The molecule has 1 aromatic rings.